The molecule has 0 saturated carbocycles. The summed E-state index contributed by atoms with van der Waals surface area (Å²) in [5.41, 5.74) is 2.32. The van der Waals surface area contributed by atoms with Crippen LogP contribution in [0.25, 0.3) is 0 Å². The molecule has 1 heterocycles. The quantitative estimate of drug-likeness (QED) is 0.441. The Hall–Kier alpha value is -1.95. The number of hydrogen-bond acceptors (Lipinski definition) is 3. The number of aliphatic hydroxyl groups excluding tert-OH is 1. The average Bonchev–Trinajstić information content (AvgIpc) is 2.79. The summed E-state index contributed by atoms with van der Waals surface area (Å²) < 4.78 is 0. The molecule has 2 unspecified atom stereocenters. The molecular weight excluding hydrogens is 490 g/mol. The summed E-state index contributed by atoms with van der Waals surface area (Å²) in [4.78, 5) is 17.0. The summed E-state index contributed by atoms with van der Waals surface area (Å²) in [6, 6.07) is 19.4. The van der Waals surface area contributed by atoms with Gasteiger partial charge in [0.05, 0.1) is 16.8 Å². The molecule has 0 aromatic heterocycles. The van der Waals surface area contributed by atoms with Crippen LogP contribution in [-0.2, 0) is 4.79 Å². The van der Waals surface area contributed by atoms with E-state index in [-0.39, 0.29) is 11.9 Å². The lowest BCUT2D eigenvalue weighted by atomic mass is 10.00. The van der Waals surface area contributed by atoms with E-state index in [1.54, 1.807) is 41.3 Å². The third kappa shape index (κ3) is 5.00. The highest BCUT2D eigenvalue weighted by Gasteiger charge is 2.34. The largest absolute Gasteiger partial charge is 0.378 e. The number of aliphatic hydroxyl groups is 1. The Morgan fingerprint density at radius 1 is 0.844 bits per heavy atom. The lowest BCUT2D eigenvalue weighted by molar-refractivity contribution is -0.141. The van der Waals surface area contributed by atoms with Crippen molar-refractivity contribution in [1.29, 1.82) is 0 Å². The van der Waals surface area contributed by atoms with Crippen molar-refractivity contribution in [2.75, 3.05) is 24.5 Å². The number of amides is 1. The second-order valence-corrected chi connectivity index (χ2v) is 9.31. The number of halogens is 4. The smallest absolute Gasteiger partial charge is 0.256 e. The van der Waals surface area contributed by atoms with E-state index in [9.17, 15) is 9.90 Å². The van der Waals surface area contributed by atoms with Crippen LogP contribution in [-0.4, -0.2) is 35.5 Å². The van der Waals surface area contributed by atoms with E-state index in [2.05, 4.69) is 4.90 Å². The monoisotopic (exact) mass is 508 g/mol. The van der Waals surface area contributed by atoms with Crippen LogP contribution in [0, 0.1) is 0 Å². The minimum atomic E-state index is -1.26. The van der Waals surface area contributed by atoms with Gasteiger partial charge in [0.15, 0.2) is 6.10 Å². The molecule has 1 fully saturated rings. The molecule has 1 aliphatic heterocycles. The van der Waals surface area contributed by atoms with E-state index in [0.717, 1.165) is 11.3 Å². The van der Waals surface area contributed by atoms with Crippen LogP contribution in [0.4, 0.5) is 5.69 Å². The van der Waals surface area contributed by atoms with E-state index in [1.807, 2.05) is 30.3 Å². The van der Waals surface area contributed by atoms with Crippen LogP contribution in [0.3, 0.4) is 0 Å². The van der Waals surface area contributed by atoms with E-state index in [0.29, 0.717) is 45.3 Å². The Kier molecular flexibility index (Phi) is 7.18. The number of carbonyl (C=O) groups is 1. The number of nitrogens with zero attached hydrogens (tertiary/aromatic N) is 2. The second kappa shape index (κ2) is 9.90. The molecule has 4 rings (SSSR count). The molecule has 8 heteroatoms. The fourth-order valence-electron chi connectivity index (χ4n) is 3.92. The predicted molar refractivity (Wildman–Crippen MR) is 131 cm³/mol. The van der Waals surface area contributed by atoms with Crippen molar-refractivity contribution in [3.63, 3.8) is 0 Å². The van der Waals surface area contributed by atoms with E-state index < -0.39 is 6.10 Å². The first-order valence-electron chi connectivity index (χ1n) is 10.0. The topological polar surface area (TPSA) is 43.8 Å². The Labute approximate surface area is 206 Å². The molecule has 3 aromatic carbocycles. The van der Waals surface area contributed by atoms with Gasteiger partial charge in [-0.15, -0.1) is 0 Å². The first kappa shape index (κ1) is 23.2. The Balaban J connectivity index is 1.63. The maximum Gasteiger partial charge on any atom is 0.256 e. The first-order chi connectivity index (χ1) is 15.3. The SMILES string of the molecule is O=C(C(O)c1ccc(Cl)cc1)N1CCN(c2ccc(Cl)cc2Cl)C(c2ccc(Cl)cc2)C1. The standard InChI is InChI=1S/C24H20Cl4N2O2/c25-17-5-1-15(2-6-17)22-14-29(24(32)23(31)16-3-7-18(26)8-4-16)11-12-30(22)21-10-9-19(27)13-20(21)28/h1-10,13,22-23,31H,11-12,14H2. The lowest BCUT2D eigenvalue weighted by Gasteiger charge is -2.44. The van der Waals surface area contributed by atoms with Crippen LogP contribution < -0.4 is 4.90 Å². The van der Waals surface area contributed by atoms with Gasteiger partial charge in [0.2, 0.25) is 0 Å². The summed E-state index contributed by atoms with van der Waals surface area (Å²) in [5.74, 6) is -0.354. The molecule has 1 N–H and O–H groups in total. The van der Waals surface area contributed by atoms with Crippen molar-refractivity contribution >= 4 is 58.0 Å². The van der Waals surface area contributed by atoms with E-state index >= 15 is 0 Å². The van der Waals surface area contributed by atoms with E-state index in [1.165, 1.54) is 0 Å². The number of anilines is 1. The molecule has 1 amide bonds. The average molecular weight is 510 g/mol. The van der Waals surface area contributed by atoms with Crippen molar-refractivity contribution in [3.8, 4) is 0 Å². The zero-order chi connectivity index (χ0) is 22.8. The highest BCUT2D eigenvalue weighted by molar-refractivity contribution is 6.36. The minimum Gasteiger partial charge on any atom is -0.378 e. The Bertz CT molecular complexity index is 1110. The van der Waals surface area contributed by atoms with Crippen LogP contribution in [0.2, 0.25) is 20.1 Å². The molecule has 1 saturated heterocycles. The second-order valence-electron chi connectivity index (χ2n) is 7.59. The molecule has 0 spiro atoms. The van der Waals surface area contributed by atoms with Gasteiger partial charge in [-0.1, -0.05) is 70.7 Å². The molecule has 1 aliphatic rings. The molecule has 0 aliphatic carbocycles. The highest BCUT2D eigenvalue weighted by Crippen LogP contribution is 2.37. The summed E-state index contributed by atoms with van der Waals surface area (Å²) in [7, 11) is 0. The number of hydrogen-bond donors (Lipinski definition) is 1. The summed E-state index contributed by atoms with van der Waals surface area (Å²) in [6.07, 6.45) is -1.26. The molecule has 166 valence electrons. The molecule has 3 aromatic rings. The summed E-state index contributed by atoms with van der Waals surface area (Å²) >= 11 is 24.6. The fraction of sp³-hybridized carbons (Fsp3) is 0.208. The number of benzene rings is 3. The molecular formula is C24H20Cl4N2O2. The zero-order valence-electron chi connectivity index (χ0n) is 16.9. The van der Waals surface area contributed by atoms with Crippen LogP contribution in [0.15, 0.2) is 66.7 Å². The van der Waals surface area contributed by atoms with Gasteiger partial charge < -0.3 is 14.9 Å². The first-order valence-corrected chi connectivity index (χ1v) is 11.5. The highest BCUT2D eigenvalue weighted by atomic mass is 35.5. The molecule has 4 nitrogen and oxygen atoms in total. The predicted octanol–water partition coefficient (Wildman–Crippen LogP) is 6.42. The molecule has 0 bridgehead atoms. The van der Waals surface area contributed by atoms with Gasteiger partial charge in [0.25, 0.3) is 5.91 Å². The van der Waals surface area contributed by atoms with Gasteiger partial charge in [-0.2, -0.15) is 0 Å². The summed E-state index contributed by atoms with van der Waals surface area (Å²) in [6.45, 7) is 1.35. The van der Waals surface area contributed by atoms with Crippen LogP contribution in [0.1, 0.15) is 23.3 Å². The lowest BCUT2D eigenvalue weighted by Crippen LogP contribution is -2.51. The minimum absolute atomic E-state index is 0.180. The van der Waals surface area contributed by atoms with E-state index in [4.69, 9.17) is 46.4 Å². The van der Waals surface area contributed by atoms with Crippen LogP contribution in [0.5, 0.6) is 0 Å². The Morgan fingerprint density at radius 3 is 2.06 bits per heavy atom. The Morgan fingerprint density at radius 2 is 1.44 bits per heavy atom. The normalized spacial score (nSPS) is 17.3. The molecule has 0 radical (unpaired) electrons. The van der Waals surface area contributed by atoms with Gasteiger partial charge in [-0.3, -0.25) is 4.79 Å². The van der Waals surface area contributed by atoms with Crippen LogP contribution >= 0.6 is 46.4 Å². The maximum atomic E-state index is 13.1. The van der Waals surface area contributed by atoms with Crippen molar-refractivity contribution < 1.29 is 9.90 Å². The van der Waals surface area contributed by atoms with Crippen molar-refractivity contribution in [1.82, 2.24) is 4.90 Å². The number of rotatable bonds is 4. The summed E-state index contributed by atoms with van der Waals surface area (Å²) in [5, 5.41) is 13.0. The molecule has 2 atom stereocenters. The maximum absolute atomic E-state index is 13.1. The van der Waals surface area contributed by atoms with Crippen molar-refractivity contribution in [3.05, 3.63) is 97.9 Å². The van der Waals surface area contributed by atoms with Gasteiger partial charge in [-0.25, -0.2) is 0 Å². The third-order valence-corrected chi connectivity index (χ3v) is 6.63. The van der Waals surface area contributed by atoms with Gasteiger partial charge in [-0.05, 0) is 53.6 Å². The number of carbonyl (C=O) groups excluding carboxylic acids is 1. The third-order valence-electron chi connectivity index (χ3n) is 5.59. The fourth-order valence-corrected chi connectivity index (χ4v) is 4.69. The van der Waals surface area contributed by atoms with Gasteiger partial charge in [0.1, 0.15) is 0 Å². The zero-order valence-corrected chi connectivity index (χ0v) is 19.9. The number of piperazine rings is 1. The van der Waals surface area contributed by atoms with Crippen molar-refractivity contribution in [2.24, 2.45) is 0 Å². The van der Waals surface area contributed by atoms with Gasteiger partial charge in [0, 0.05) is 34.7 Å². The van der Waals surface area contributed by atoms with Crippen molar-refractivity contribution in [2.45, 2.75) is 12.1 Å². The molecule has 32 heavy (non-hydrogen) atoms. The van der Waals surface area contributed by atoms with Gasteiger partial charge >= 0.3 is 0 Å².